The number of amides is 1. The molecule has 0 unspecified atom stereocenters. The Morgan fingerprint density at radius 3 is 2.47 bits per heavy atom. The van der Waals surface area contributed by atoms with Crippen LogP contribution in [0.15, 0.2) is 75.8 Å². The van der Waals surface area contributed by atoms with Crippen LogP contribution in [0, 0.1) is 0 Å². The summed E-state index contributed by atoms with van der Waals surface area (Å²) in [6, 6.07) is 15.8. The highest BCUT2D eigenvalue weighted by Gasteiger charge is 2.21. The number of methoxy groups -OCH3 is 1. The van der Waals surface area contributed by atoms with E-state index in [1.165, 1.54) is 31.4 Å². The van der Waals surface area contributed by atoms with Crippen LogP contribution in [0.4, 0.5) is 17.1 Å². The zero-order valence-electron chi connectivity index (χ0n) is 20.1. The summed E-state index contributed by atoms with van der Waals surface area (Å²) in [7, 11) is -3.08. The molecule has 9 nitrogen and oxygen atoms in total. The lowest BCUT2D eigenvalue weighted by Gasteiger charge is -2.12. The molecule has 0 fully saturated rings. The molecule has 4 rings (SSSR count). The van der Waals surface area contributed by atoms with Crippen LogP contribution in [0.1, 0.15) is 22.8 Å². The van der Waals surface area contributed by atoms with Gasteiger partial charge in [-0.25, -0.2) is 0 Å². The summed E-state index contributed by atoms with van der Waals surface area (Å²) < 4.78 is 38.2. The Labute approximate surface area is 228 Å². The molecule has 4 aromatic rings. The maximum atomic E-state index is 13.2. The van der Waals surface area contributed by atoms with Crippen LogP contribution in [-0.2, 0) is 16.5 Å². The van der Waals surface area contributed by atoms with Gasteiger partial charge in [-0.2, -0.15) is 13.5 Å². The van der Waals surface area contributed by atoms with Gasteiger partial charge in [0.1, 0.15) is 16.3 Å². The minimum absolute atomic E-state index is 0.0185. The number of benzene rings is 4. The van der Waals surface area contributed by atoms with E-state index in [2.05, 4.69) is 15.5 Å². The Kier molecular flexibility index (Phi) is 7.89. The lowest BCUT2D eigenvalue weighted by molar-refractivity contribution is 0.102. The van der Waals surface area contributed by atoms with Gasteiger partial charge in [0.2, 0.25) is 0 Å². The zero-order valence-corrected chi connectivity index (χ0v) is 22.4. The molecule has 0 saturated heterocycles. The molecule has 0 saturated carbocycles. The lowest BCUT2D eigenvalue weighted by atomic mass is 10.0. The first-order valence-electron chi connectivity index (χ1n) is 11.1. The second kappa shape index (κ2) is 11.0. The number of rotatable bonds is 7. The number of ether oxygens (including phenoxy) is 1. The van der Waals surface area contributed by atoms with Crippen LogP contribution in [-0.4, -0.2) is 31.1 Å². The molecule has 0 radical (unpaired) electrons. The van der Waals surface area contributed by atoms with E-state index in [0.29, 0.717) is 27.2 Å². The molecule has 0 aliphatic rings. The van der Waals surface area contributed by atoms with E-state index in [0.717, 1.165) is 0 Å². The van der Waals surface area contributed by atoms with Gasteiger partial charge in [-0.05, 0) is 47.7 Å². The highest BCUT2D eigenvalue weighted by Crippen LogP contribution is 2.40. The quantitative estimate of drug-likeness (QED) is 0.156. The van der Waals surface area contributed by atoms with Crippen molar-refractivity contribution >= 4 is 67.1 Å². The van der Waals surface area contributed by atoms with Gasteiger partial charge in [0, 0.05) is 22.2 Å². The fourth-order valence-electron chi connectivity index (χ4n) is 3.89. The Morgan fingerprint density at radius 2 is 1.79 bits per heavy atom. The summed E-state index contributed by atoms with van der Waals surface area (Å²) in [5.74, 6) is -0.603. The molecule has 38 heavy (non-hydrogen) atoms. The molecular weight excluding hydrogens is 553 g/mol. The highest BCUT2D eigenvalue weighted by molar-refractivity contribution is 7.86. The summed E-state index contributed by atoms with van der Waals surface area (Å²) in [6.45, 7) is 1.69. The van der Waals surface area contributed by atoms with Crippen molar-refractivity contribution in [3.8, 4) is 11.5 Å². The third kappa shape index (κ3) is 5.73. The third-order valence-electron chi connectivity index (χ3n) is 5.61. The van der Waals surface area contributed by atoms with E-state index in [1.807, 2.05) is 0 Å². The molecule has 3 N–H and O–H groups in total. The summed E-state index contributed by atoms with van der Waals surface area (Å²) in [5.41, 5.74) is 0.739. The van der Waals surface area contributed by atoms with Crippen molar-refractivity contribution in [2.45, 2.75) is 18.2 Å². The minimum atomic E-state index is -4.55. The number of aryl methyl sites for hydroxylation is 1. The van der Waals surface area contributed by atoms with Crippen LogP contribution in [0.25, 0.3) is 10.8 Å². The number of nitrogens with zero attached hydrogens (tertiary/aromatic N) is 2. The number of azo groups is 1. The second-order valence-corrected chi connectivity index (χ2v) is 10.3. The Hall–Kier alpha value is -3.70. The summed E-state index contributed by atoms with van der Waals surface area (Å²) in [5, 5.41) is 23.3. The normalized spacial score (nSPS) is 11.7. The third-order valence-corrected chi connectivity index (χ3v) is 7.24. The van der Waals surface area contributed by atoms with Crippen molar-refractivity contribution in [2.24, 2.45) is 10.2 Å². The van der Waals surface area contributed by atoms with Gasteiger partial charge in [-0.15, -0.1) is 5.11 Å². The van der Waals surface area contributed by atoms with Gasteiger partial charge in [-0.1, -0.05) is 54.4 Å². The van der Waals surface area contributed by atoms with Crippen LogP contribution < -0.4 is 10.1 Å². The van der Waals surface area contributed by atoms with Crippen molar-refractivity contribution in [1.82, 2.24) is 0 Å². The number of halogens is 2. The number of nitrogens with one attached hydrogen (secondary N) is 1. The number of phenolic OH excluding ortho intramolecular Hbond substituents is 1. The standard InChI is InChI=1S/C26H21Cl2N3O6S/c1-3-14-8-18(13-22(28)25(14)38(34,35)36)30-31-23-20-7-5-4-6-15(20)9-21(24(23)32)26(33)29-17-10-16(27)11-19(12-17)37-2/h4-13,32H,3H2,1-2H3,(H,29,33)(H,34,35,36). The molecule has 0 bridgehead atoms. The monoisotopic (exact) mass is 573 g/mol. The average molecular weight is 574 g/mol. The van der Waals surface area contributed by atoms with Gasteiger partial charge in [0.15, 0.2) is 5.75 Å². The first kappa shape index (κ1) is 27.3. The van der Waals surface area contributed by atoms with E-state index in [9.17, 15) is 22.9 Å². The Balaban J connectivity index is 1.79. The molecule has 12 heteroatoms. The largest absolute Gasteiger partial charge is 0.505 e. The van der Waals surface area contributed by atoms with Crippen molar-refractivity contribution in [1.29, 1.82) is 0 Å². The molecule has 0 atom stereocenters. The predicted octanol–water partition coefficient (Wildman–Crippen LogP) is 7.34. The van der Waals surface area contributed by atoms with Crippen LogP contribution in [0.5, 0.6) is 11.5 Å². The first-order valence-corrected chi connectivity index (χ1v) is 13.3. The minimum Gasteiger partial charge on any atom is -0.505 e. The van der Waals surface area contributed by atoms with E-state index in [-0.39, 0.29) is 33.9 Å². The second-order valence-electron chi connectivity index (χ2n) is 8.12. The number of hydrogen-bond donors (Lipinski definition) is 3. The topological polar surface area (TPSA) is 138 Å². The van der Waals surface area contributed by atoms with E-state index in [1.54, 1.807) is 43.3 Å². The number of hydrogen-bond acceptors (Lipinski definition) is 7. The maximum Gasteiger partial charge on any atom is 0.296 e. The van der Waals surface area contributed by atoms with Gasteiger partial charge in [-0.3, -0.25) is 9.35 Å². The maximum absolute atomic E-state index is 13.2. The van der Waals surface area contributed by atoms with Crippen LogP contribution >= 0.6 is 23.2 Å². The molecule has 196 valence electrons. The van der Waals surface area contributed by atoms with Crippen molar-refractivity contribution in [3.05, 3.63) is 81.8 Å². The van der Waals surface area contributed by atoms with Gasteiger partial charge in [0.25, 0.3) is 16.0 Å². The highest BCUT2D eigenvalue weighted by atomic mass is 35.5. The van der Waals surface area contributed by atoms with E-state index in [4.69, 9.17) is 27.9 Å². The number of fused-ring (bicyclic) bond motifs is 1. The van der Waals surface area contributed by atoms with E-state index >= 15 is 0 Å². The number of phenols is 1. The number of anilines is 1. The van der Waals surface area contributed by atoms with E-state index < -0.39 is 26.7 Å². The molecule has 0 aromatic heterocycles. The molecule has 0 aliphatic carbocycles. The molecule has 1 amide bonds. The zero-order chi connectivity index (χ0) is 27.6. The molecule has 4 aromatic carbocycles. The van der Waals surface area contributed by atoms with Crippen molar-refractivity contribution < 1.29 is 27.6 Å². The summed E-state index contributed by atoms with van der Waals surface area (Å²) in [4.78, 5) is 12.8. The Bertz CT molecular complexity index is 1710. The number of carbonyl (C=O) groups is 1. The first-order chi connectivity index (χ1) is 18.0. The van der Waals surface area contributed by atoms with Gasteiger partial charge >= 0.3 is 0 Å². The SMILES string of the molecule is CCc1cc(N=Nc2c(O)c(C(=O)Nc3cc(Cl)cc(OC)c3)cc3ccccc23)cc(Cl)c1S(=O)(=O)O. The lowest BCUT2D eigenvalue weighted by Crippen LogP contribution is -2.12. The average Bonchev–Trinajstić information content (AvgIpc) is 2.86. The predicted molar refractivity (Wildman–Crippen MR) is 146 cm³/mol. The Morgan fingerprint density at radius 1 is 1.05 bits per heavy atom. The summed E-state index contributed by atoms with van der Waals surface area (Å²) in [6.07, 6.45) is 0.246. The molecule has 0 heterocycles. The number of aromatic hydroxyl groups is 1. The van der Waals surface area contributed by atoms with Gasteiger partial charge < -0.3 is 15.2 Å². The van der Waals surface area contributed by atoms with Crippen molar-refractivity contribution in [2.75, 3.05) is 12.4 Å². The van der Waals surface area contributed by atoms with Crippen LogP contribution in [0.2, 0.25) is 10.0 Å². The number of carbonyl (C=O) groups excluding carboxylic acids is 1. The molecular formula is C26H21Cl2N3O6S. The molecule has 0 spiro atoms. The fraction of sp³-hybridized carbons (Fsp3) is 0.115. The fourth-order valence-corrected chi connectivity index (χ4v) is 5.49. The van der Waals surface area contributed by atoms with Gasteiger partial charge in [0.05, 0.1) is 23.4 Å². The molecule has 0 aliphatic heterocycles. The van der Waals surface area contributed by atoms with Crippen LogP contribution in [0.3, 0.4) is 0 Å². The summed E-state index contributed by atoms with van der Waals surface area (Å²) >= 11 is 12.2. The smallest absolute Gasteiger partial charge is 0.296 e. The van der Waals surface area contributed by atoms with Crippen molar-refractivity contribution in [3.63, 3.8) is 0 Å².